The molecule has 0 aliphatic carbocycles. The summed E-state index contributed by atoms with van der Waals surface area (Å²) < 4.78 is 64.8. The number of nitrogens with zero attached hydrogens (tertiary/aromatic N) is 4. The number of halogens is 5. The van der Waals surface area contributed by atoms with Crippen LogP contribution in [0.15, 0.2) is 54.7 Å². The Morgan fingerprint density at radius 3 is 2.45 bits per heavy atom. The summed E-state index contributed by atoms with van der Waals surface area (Å²) >= 11 is 6.12. The van der Waals surface area contributed by atoms with Crippen molar-refractivity contribution in [2.24, 2.45) is 7.05 Å². The van der Waals surface area contributed by atoms with Gasteiger partial charge in [0.15, 0.2) is 23.1 Å². The number of ether oxygens (including phenoxy) is 2. The van der Waals surface area contributed by atoms with Gasteiger partial charge in [0.2, 0.25) is 5.88 Å². The van der Waals surface area contributed by atoms with Crippen molar-refractivity contribution >= 4 is 11.6 Å². The molecule has 0 aliphatic rings. The third-order valence-corrected chi connectivity index (χ3v) is 4.96. The van der Waals surface area contributed by atoms with E-state index in [1.165, 1.54) is 23.9 Å². The molecule has 2 aromatic carbocycles. The van der Waals surface area contributed by atoms with Crippen molar-refractivity contribution in [3.63, 3.8) is 0 Å². The van der Waals surface area contributed by atoms with E-state index < -0.39 is 17.6 Å². The van der Waals surface area contributed by atoms with Crippen LogP contribution < -0.4 is 9.47 Å². The number of pyridine rings is 1. The molecule has 4 aromatic rings. The van der Waals surface area contributed by atoms with Gasteiger partial charge < -0.3 is 9.47 Å². The van der Waals surface area contributed by atoms with E-state index in [0.29, 0.717) is 17.6 Å². The molecule has 0 spiro atoms. The molecule has 2 heterocycles. The highest BCUT2D eigenvalue weighted by Crippen LogP contribution is 2.36. The van der Waals surface area contributed by atoms with Crippen LogP contribution in [0.5, 0.6) is 17.4 Å². The molecular weight excluding hydrogens is 464 g/mol. The van der Waals surface area contributed by atoms with Gasteiger partial charge >= 0.3 is 6.18 Å². The van der Waals surface area contributed by atoms with Crippen LogP contribution in [-0.4, -0.2) is 26.9 Å². The van der Waals surface area contributed by atoms with Crippen molar-refractivity contribution in [1.29, 1.82) is 0 Å². The number of hydrogen-bond donors (Lipinski definition) is 0. The fourth-order valence-electron chi connectivity index (χ4n) is 3.07. The summed E-state index contributed by atoms with van der Waals surface area (Å²) in [4.78, 5) is 8.10. The first-order valence-electron chi connectivity index (χ1n) is 9.42. The lowest BCUT2D eigenvalue weighted by Crippen LogP contribution is -2.05. The molecule has 6 nitrogen and oxygen atoms in total. The van der Waals surface area contributed by atoms with Gasteiger partial charge in [0.25, 0.3) is 0 Å². The van der Waals surface area contributed by atoms with Gasteiger partial charge in [0.05, 0.1) is 23.3 Å². The second-order valence-corrected chi connectivity index (χ2v) is 7.24. The van der Waals surface area contributed by atoms with Gasteiger partial charge in [-0.3, -0.25) is 0 Å². The van der Waals surface area contributed by atoms with Crippen LogP contribution >= 0.6 is 11.6 Å². The van der Waals surface area contributed by atoms with Gasteiger partial charge in [-0.25, -0.2) is 19.0 Å². The summed E-state index contributed by atoms with van der Waals surface area (Å²) in [7, 11) is 3.05. The Morgan fingerprint density at radius 2 is 1.82 bits per heavy atom. The molecule has 170 valence electrons. The van der Waals surface area contributed by atoms with Crippen molar-refractivity contribution < 1.29 is 27.0 Å². The number of aromatic nitrogens is 4. The summed E-state index contributed by atoms with van der Waals surface area (Å²) in [5, 5.41) is 4.44. The molecule has 0 fully saturated rings. The van der Waals surface area contributed by atoms with E-state index in [0.717, 1.165) is 12.1 Å². The second-order valence-electron chi connectivity index (χ2n) is 6.83. The smallest absolute Gasteiger partial charge is 0.417 e. The molecule has 0 saturated carbocycles. The number of aryl methyl sites for hydroxylation is 1. The lowest BCUT2D eigenvalue weighted by Gasteiger charge is -2.12. The highest BCUT2D eigenvalue weighted by molar-refractivity contribution is 6.33. The molecule has 2 aromatic heterocycles. The standard InChI is InChI=1S/C22H15ClF4N4O2/c1-31-21(29-20(30-31)19-14(23)4-3-5-15(19)24)12-6-8-16(17(10-12)32-2)33-18-9-7-13(11-28-18)22(25,26)27/h3-11H,1-2H3. The topological polar surface area (TPSA) is 62.1 Å². The molecule has 0 unspecified atom stereocenters. The minimum absolute atomic E-state index is 0.0378. The van der Waals surface area contributed by atoms with Crippen LogP contribution in [0, 0.1) is 5.82 Å². The zero-order valence-corrected chi connectivity index (χ0v) is 17.9. The van der Waals surface area contributed by atoms with Crippen molar-refractivity contribution in [3.05, 3.63) is 71.1 Å². The Morgan fingerprint density at radius 1 is 1.03 bits per heavy atom. The van der Waals surface area contributed by atoms with E-state index in [4.69, 9.17) is 21.1 Å². The van der Waals surface area contributed by atoms with Gasteiger partial charge in [0, 0.05) is 24.9 Å². The Kier molecular flexibility index (Phi) is 5.94. The van der Waals surface area contributed by atoms with Crippen LogP contribution in [0.2, 0.25) is 5.02 Å². The molecule has 0 saturated heterocycles. The van der Waals surface area contributed by atoms with Crippen LogP contribution in [0.25, 0.3) is 22.8 Å². The molecule has 0 atom stereocenters. The van der Waals surface area contributed by atoms with Crippen molar-refractivity contribution in [1.82, 2.24) is 19.7 Å². The SMILES string of the molecule is COc1cc(-c2nc(-c3c(F)cccc3Cl)nn2C)ccc1Oc1ccc(C(F)(F)F)cn1. The first kappa shape index (κ1) is 22.5. The third kappa shape index (κ3) is 4.61. The van der Waals surface area contributed by atoms with E-state index in [2.05, 4.69) is 15.1 Å². The van der Waals surface area contributed by atoms with Crippen LogP contribution in [0.4, 0.5) is 17.6 Å². The molecule has 4 rings (SSSR count). The minimum Gasteiger partial charge on any atom is -0.493 e. The maximum absolute atomic E-state index is 14.3. The van der Waals surface area contributed by atoms with Crippen molar-refractivity contribution in [2.45, 2.75) is 6.18 Å². The van der Waals surface area contributed by atoms with Gasteiger partial charge in [-0.1, -0.05) is 17.7 Å². The molecule has 0 radical (unpaired) electrons. The fourth-order valence-corrected chi connectivity index (χ4v) is 3.31. The Bertz CT molecular complexity index is 1290. The van der Waals surface area contributed by atoms with E-state index in [-0.39, 0.29) is 33.8 Å². The predicted octanol–water partition coefficient (Wildman–Crippen LogP) is 6.16. The van der Waals surface area contributed by atoms with E-state index >= 15 is 0 Å². The molecule has 33 heavy (non-hydrogen) atoms. The van der Waals surface area contributed by atoms with Gasteiger partial charge in [-0.05, 0) is 36.4 Å². The first-order valence-corrected chi connectivity index (χ1v) is 9.80. The third-order valence-electron chi connectivity index (χ3n) is 4.65. The first-order chi connectivity index (χ1) is 15.7. The van der Waals surface area contributed by atoms with Gasteiger partial charge in [-0.15, -0.1) is 0 Å². The second kappa shape index (κ2) is 8.70. The number of alkyl halides is 3. The number of hydrogen-bond acceptors (Lipinski definition) is 5. The summed E-state index contributed by atoms with van der Waals surface area (Å²) in [5.41, 5.74) is -0.222. The van der Waals surface area contributed by atoms with Crippen LogP contribution in [0.1, 0.15) is 5.56 Å². The number of methoxy groups -OCH3 is 1. The van der Waals surface area contributed by atoms with Crippen molar-refractivity contribution in [2.75, 3.05) is 7.11 Å². The quantitative estimate of drug-likeness (QED) is 0.322. The van der Waals surface area contributed by atoms with E-state index in [1.807, 2.05) is 0 Å². The Balaban J connectivity index is 1.64. The average molecular weight is 479 g/mol. The molecule has 11 heteroatoms. The maximum atomic E-state index is 14.3. The largest absolute Gasteiger partial charge is 0.493 e. The molecule has 0 amide bonds. The minimum atomic E-state index is -4.49. The van der Waals surface area contributed by atoms with E-state index in [9.17, 15) is 17.6 Å². The summed E-state index contributed by atoms with van der Waals surface area (Å²) in [6.07, 6.45) is -3.81. The summed E-state index contributed by atoms with van der Waals surface area (Å²) in [5.74, 6) is 0.440. The number of rotatable bonds is 5. The van der Waals surface area contributed by atoms with Gasteiger partial charge in [-0.2, -0.15) is 18.3 Å². The van der Waals surface area contributed by atoms with E-state index in [1.54, 1.807) is 31.3 Å². The summed E-state index contributed by atoms with van der Waals surface area (Å²) in [6, 6.07) is 11.1. The highest BCUT2D eigenvalue weighted by atomic mass is 35.5. The van der Waals surface area contributed by atoms with Crippen molar-refractivity contribution in [3.8, 4) is 40.2 Å². The Labute approximate surface area is 190 Å². The summed E-state index contributed by atoms with van der Waals surface area (Å²) in [6.45, 7) is 0. The monoisotopic (exact) mass is 478 g/mol. The predicted molar refractivity (Wildman–Crippen MR) is 113 cm³/mol. The molecule has 0 aliphatic heterocycles. The zero-order chi connectivity index (χ0) is 23.8. The highest BCUT2D eigenvalue weighted by Gasteiger charge is 2.30. The lowest BCUT2D eigenvalue weighted by atomic mass is 10.1. The normalized spacial score (nSPS) is 11.5. The molecule has 0 N–H and O–H groups in total. The average Bonchev–Trinajstić information content (AvgIpc) is 3.14. The fraction of sp³-hybridized carbons (Fsp3) is 0.136. The van der Waals surface area contributed by atoms with Crippen LogP contribution in [0.3, 0.4) is 0 Å². The van der Waals surface area contributed by atoms with Crippen LogP contribution in [-0.2, 0) is 13.2 Å². The lowest BCUT2D eigenvalue weighted by molar-refractivity contribution is -0.137. The zero-order valence-electron chi connectivity index (χ0n) is 17.2. The Hall–Kier alpha value is -3.66. The number of benzene rings is 2. The molecular formula is C22H15ClF4N4O2. The van der Waals surface area contributed by atoms with Gasteiger partial charge in [0.1, 0.15) is 5.82 Å². The maximum Gasteiger partial charge on any atom is 0.417 e. The molecule has 0 bridgehead atoms.